The van der Waals surface area contributed by atoms with Gasteiger partial charge in [0.25, 0.3) is 5.91 Å². The van der Waals surface area contributed by atoms with E-state index in [0.29, 0.717) is 11.6 Å². The van der Waals surface area contributed by atoms with Crippen LogP contribution in [0.3, 0.4) is 0 Å². The van der Waals surface area contributed by atoms with E-state index in [1.165, 1.54) is 6.42 Å². The molecule has 0 bridgehead atoms. The third-order valence-electron chi connectivity index (χ3n) is 5.08. The maximum absolute atomic E-state index is 12.8. The first-order chi connectivity index (χ1) is 14.7. The van der Waals surface area contributed by atoms with Gasteiger partial charge in [0.2, 0.25) is 5.95 Å². The summed E-state index contributed by atoms with van der Waals surface area (Å²) in [6.45, 7) is 3.83. The zero-order valence-corrected chi connectivity index (χ0v) is 17.1. The minimum absolute atomic E-state index is 0.311. The molecule has 0 unspecified atom stereocenters. The van der Waals surface area contributed by atoms with Crippen LogP contribution in [0.15, 0.2) is 65.8 Å². The fraction of sp³-hybridized carbons (Fsp3) is 0.250. The molecule has 1 saturated heterocycles. The zero-order chi connectivity index (χ0) is 20.8. The number of hydrazone groups is 1. The average Bonchev–Trinajstić information content (AvgIpc) is 2.80. The van der Waals surface area contributed by atoms with Crippen LogP contribution in [-0.4, -0.2) is 35.2 Å². The number of carbonyl (C=O) groups is 1. The van der Waals surface area contributed by atoms with E-state index < -0.39 is 0 Å². The van der Waals surface area contributed by atoms with Crippen LogP contribution in [-0.2, 0) is 0 Å². The summed E-state index contributed by atoms with van der Waals surface area (Å²) in [4.78, 5) is 24.2. The predicted molar refractivity (Wildman–Crippen MR) is 120 cm³/mol. The molecule has 0 saturated carbocycles. The highest BCUT2D eigenvalue weighted by molar-refractivity contribution is 5.94. The fourth-order valence-electron chi connectivity index (χ4n) is 3.52. The Bertz CT molecular complexity index is 1040. The number of nitrogens with one attached hydrogen (secondary N) is 1. The Kier molecular flexibility index (Phi) is 6.13. The van der Waals surface area contributed by atoms with Crippen molar-refractivity contribution in [3.63, 3.8) is 0 Å². The SMILES string of the molecule is Cc1cccc(/C=N/NC(=O)c2cc(-c3ccccc3)nc(N3CCCCC3)n2)c1. The van der Waals surface area contributed by atoms with E-state index in [0.717, 1.165) is 48.3 Å². The molecule has 1 aliphatic rings. The number of amides is 1. The summed E-state index contributed by atoms with van der Waals surface area (Å²) in [6.07, 6.45) is 5.08. The van der Waals surface area contributed by atoms with Gasteiger partial charge in [-0.2, -0.15) is 5.10 Å². The van der Waals surface area contributed by atoms with Crippen molar-refractivity contribution in [3.8, 4) is 11.3 Å². The third-order valence-corrected chi connectivity index (χ3v) is 5.08. The number of carbonyl (C=O) groups excluding carboxylic acids is 1. The maximum atomic E-state index is 12.8. The molecular weight excluding hydrogens is 374 g/mol. The average molecular weight is 399 g/mol. The Balaban J connectivity index is 1.59. The molecule has 1 N–H and O–H groups in total. The van der Waals surface area contributed by atoms with E-state index in [2.05, 4.69) is 20.4 Å². The lowest BCUT2D eigenvalue weighted by Crippen LogP contribution is -2.32. The van der Waals surface area contributed by atoms with Crippen LogP contribution in [0, 0.1) is 6.92 Å². The Labute approximate surface area is 176 Å². The van der Waals surface area contributed by atoms with Gasteiger partial charge in [-0.3, -0.25) is 4.79 Å². The van der Waals surface area contributed by atoms with E-state index >= 15 is 0 Å². The summed E-state index contributed by atoms with van der Waals surface area (Å²) < 4.78 is 0. The number of hydrogen-bond acceptors (Lipinski definition) is 5. The van der Waals surface area contributed by atoms with Crippen molar-refractivity contribution in [3.05, 3.63) is 77.5 Å². The molecule has 1 aromatic heterocycles. The number of benzene rings is 2. The first kappa shape index (κ1) is 19.8. The van der Waals surface area contributed by atoms with Gasteiger partial charge in [-0.25, -0.2) is 15.4 Å². The van der Waals surface area contributed by atoms with Gasteiger partial charge >= 0.3 is 0 Å². The second-order valence-electron chi connectivity index (χ2n) is 7.47. The summed E-state index contributed by atoms with van der Waals surface area (Å²) in [5.41, 5.74) is 6.66. The van der Waals surface area contributed by atoms with Crippen molar-refractivity contribution in [2.75, 3.05) is 18.0 Å². The summed E-state index contributed by atoms with van der Waals surface area (Å²) in [6, 6.07) is 19.5. The van der Waals surface area contributed by atoms with Crippen molar-refractivity contribution < 1.29 is 4.79 Å². The van der Waals surface area contributed by atoms with E-state index in [9.17, 15) is 4.79 Å². The highest BCUT2D eigenvalue weighted by Gasteiger charge is 2.18. The van der Waals surface area contributed by atoms with Gasteiger partial charge in [0, 0.05) is 18.7 Å². The van der Waals surface area contributed by atoms with Gasteiger partial charge in [0.05, 0.1) is 11.9 Å². The monoisotopic (exact) mass is 399 g/mol. The number of aryl methyl sites for hydroxylation is 1. The Hall–Kier alpha value is -3.54. The highest BCUT2D eigenvalue weighted by Crippen LogP contribution is 2.22. The van der Waals surface area contributed by atoms with Crippen LogP contribution in [0.4, 0.5) is 5.95 Å². The number of rotatable bonds is 5. The molecule has 30 heavy (non-hydrogen) atoms. The van der Waals surface area contributed by atoms with Crippen molar-refractivity contribution in [1.29, 1.82) is 0 Å². The lowest BCUT2D eigenvalue weighted by molar-refractivity contribution is 0.0950. The second kappa shape index (κ2) is 9.31. The molecule has 1 fully saturated rings. The van der Waals surface area contributed by atoms with Crippen LogP contribution in [0.1, 0.15) is 40.9 Å². The Morgan fingerprint density at radius 1 is 1.00 bits per heavy atom. The van der Waals surface area contributed by atoms with Gasteiger partial charge in [-0.1, -0.05) is 60.2 Å². The van der Waals surface area contributed by atoms with Crippen LogP contribution >= 0.6 is 0 Å². The van der Waals surface area contributed by atoms with Crippen molar-refractivity contribution in [2.24, 2.45) is 5.10 Å². The molecule has 0 spiro atoms. The predicted octanol–water partition coefficient (Wildman–Crippen LogP) is 4.21. The number of piperidine rings is 1. The molecule has 3 aromatic rings. The quantitative estimate of drug-likeness (QED) is 0.515. The van der Waals surface area contributed by atoms with E-state index in [4.69, 9.17) is 4.98 Å². The van der Waals surface area contributed by atoms with Crippen LogP contribution < -0.4 is 10.3 Å². The molecule has 0 radical (unpaired) electrons. The molecule has 152 valence electrons. The minimum Gasteiger partial charge on any atom is -0.341 e. The van der Waals surface area contributed by atoms with Gasteiger partial charge < -0.3 is 4.90 Å². The van der Waals surface area contributed by atoms with Gasteiger partial charge in [-0.15, -0.1) is 0 Å². The van der Waals surface area contributed by atoms with Gasteiger partial charge in [0.15, 0.2) is 0 Å². The standard InChI is InChI=1S/C24H25N5O/c1-18-9-8-10-19(15-18)17-25-28-23(30)22-16-21(20-11-4-2-5-12-20)26-24(27-22)29-13-6-3-7-14-29/h2,4-5,8-12,15-17H,3,6-7,13-14H2,1H3,(H,28,30)/b25-17+. The molecule has 2 heterocycles. The van der Waals surface area contributed by atoms with Crippen molar-refractivity contribution in [2.45, 2.75) is 26.2 Å². The third kappa shape index (κ3) is 4.89. The van der Waals surface area contributed by atoms with Crippen LogP contribution in [0.5, 0.6) is 0 Å². The lowest BCUT2D eigenvalue weighted by atomic mass is 10.1. The molecule has 0 aliphatic carbocycles. The number of nitrogens with zero attached hydrogens (tertiary/aromatic N) is 4. The number of hydrogen-bond donors (Lipinski definition) is 1. The van der Waals surface area contributed by atoms with Gasteiger partial charge in [0.1, 0.15) is 5.69 Å². The number of aromatic nitrogens is 2. The topological polar surface area (TPSA) is 70.5 Å². The Morgan fingerprint density at radius 2 is 1.80 bits per heavy atom. The minimum atomic E-state index is -0.350. The first-order valence-corrected chi connectivity index (χ1v) is 10.3. The molecule has 4 rings (SSSR count). The van der Waals surface area contributed by atoms with Crippen molar-refractivity contribution in [1.82, 2.24) is 15.4 Å². The molecule has 6 nitrogen and oxygen atoms in total. The molecule has 1 aliphatic heterocycles. The van der Waals surface area contributed by atoms with E-state index in [1.807, 2.05) is 61.5 Å². The summed E-state index contributed by atoms with van der Waals surface area (Å²) >= 11 is 0. The second-order valence-corrected chi connectivity index (χ2v) is 7.47. The molecule has 0 atom stereocenters. The number of anilines is 1. The van der Waals surface area contributed by atoms with E-state index in [-0.39, 0.29) is 5.91 Å². The maximum Gasteiger partial charge on any atom is 0.290 e. The smallest absolute Gasteiger partial charge is 0.290 e. The fourth-order valence-corrected chi connectivity index (χ4v) is 3.52. The molecule has 1 amide bonds. The lowest BCUT2D eigenvalue weighted by Gasteiger charge is -2.27. The highest BCUT2D eigenvalue weighted by atomic mass is 16.2. The summed E-state index contributed by atoms with van der Waals surface area (Å²) in [7, 11) is 0. The van der Waals surface area contributed by atoms with Gasteiger partial charge in [-0.05, 0) is 37.8 Å². The summed E-state index contributed by atoms with van der Waals surface area (Å²) in [5, 5.41) is 4.11. The molecular formula is C24H25N5O. The van der Waals surface area contributed by atoms with Crippen LogP contribution in [0.2, 0.25) is 0 Å². The first-order valence-electron chi connectivity index (χ1n) is 10.3. The summed E-state index contributed by atoms with van der Waals surface area (Å²) in [5.74, 6) is 0.251. The normalized spacial score (nSPS) is 14.1. The largest absolute Gasteiger partial charge is 0.341 e. The molecule has 6 heteroatoms. The zero-order valence-electron chi connectivity index (χ0n) is 17.1. The molecule has 2 aromatic carbocycles. The van der Waals surface area contributed by atoms with Crippen molar-refractivity contribution >= 4 is 18.1 Å². The van der Waals surface area contributed by atoms with E-state index in [1.54, 1.807) is 12.3 Å². The Morgan fingerprint density at radius 3 is 2.57 bits per heavy atom. The van der Waals surface area contributed by atoms with Crippen LogP contribution in [0.25, 0.3) is 11.3 Å².